The van der Waals surface area contributed by atoms with Crippen LogP contribution in [0.25, 0.3) is 0 Å². The standard InChI is InChI=1S/C9H11NO4/c1-6(4-11)10-9(13)7-2-3-8(12)14-5-7/h2-3,5-6,11H,4H2,1H3,(H,10,13)/t6-/m0/s1. The Morgan fingerprint density at radius 2 is 2.36 bits per heavy atom. The fraction of sp³-hybridized carbons (Fsp3) is 0.333. The van der Waals surface area contributed by atoms with Gasteiger partial charge in [-0.2, -0.15) is 0 Å². The number of carbonyl (C=O) groups is 1. The average Bonchev–Trinajstić information content (AvgIpc) is 2.18. The van der Waals surface area contributed by atoms with Gasteiger partial charge in [-0.15, -0.1) is 0 Å². The van der Waals surface area contributed by atoms with Gasteiger partial charge in [0.2, 0.25) is 0 Å². The first kappa shape index (κ1) is 10.5. The van der Waals surface area contributed by atoms with Gasteiger partial charge in [0.25, 0.3) is 5.91 Å². The topological polar surface area (TPSA) is 79.5 Å². The van der Waals surface area contributed by atoms with E-state index in [-0.39, 0.29) is 24.1 Å². The van der Waals surface area contributed by atoms with Crippen molar-refractivity contribution in [2.45, 2.75) is 13.0 Å². The Hall–Kier alpha value is -1.62. The Morgan fingerprint density at radius 3 is 2.86 bits per heavy atom. The lowest BCUT2D eigenvalue weighted by Gasteiger charge is -2.09. The molecule has 0 saturated carbocycles. The molecule has 14 heavy (non-hydrogen) atoms. The molecule has 1 amide bonds. The molecule has 0 fully saturated rings. The molecule has 5 nitrogen and oxygen atoms in total. The molecule has 0 aliphatic rings. The van der Waals surface area contributed by atoms with Crippen molar-refractivity contribution in [3.05, 3.63) is 34.4 Å². The van der Waals surface area contributed by atoms with Crippen LogP contribution in [0.5, 0.6) is 0 Å². The van der Waals surface area contributed by atoms with Gasteiger partial charge in [0.05, 0.1) is 12.2 Å². The Balaban J connectivity index is 2.70. The van der Waals surface area contributed by atoms with Gasteiger partial charge in [-0.1, -0.05) is 0 Å². The van der Waals surface area contributed by atoms with Gasteiger partial charge in [0.15, 0.2) is 0 Å². The number of amides is 1. The fourth-order valence-corrected chi connectivity index (χ4v) is 0.840. The van der Waals surface area contributed by atoms with E-state index in [1.165, 1.54) is 12.1 Å². The molecule has 5 heteroatoms. The van der Waals surface area contributed by atoms with E-state index in [0.29, 0.717) is 0 Å². The zero-order valence-electron chi connectivity index (χ0n) is 7.69. The van der Waals surface area contributed by atoms with Gasteiger partial charge in [0.1, 0.15) is 6.26 Å². The number of hydrogen-bond acceptors (Lipinski definition) is 4. The molecule has 0 aromatic carbocycles. The lowest BCUT2D eigenvalue weighted by molar-refractivity contribution is 0.0920. The molecule has 0 bridgehead atoms. The fourth-order valence-electron chi connectivity index (χ4n) is 0.840. The van der Waals surface area contributed by atoms with Gasteiger partial charge in [-0.05, 0) is 13.0 Å². The minimum Gasteiger partial charge on any atom is -0.430 e. The SMILES string of the molecule is C[C@@H](CO)NC(=O)c1ccc(=O)oc1. The van der Waals surface area contributed by atoms with Crippen molar-refractivity contribution in [1.82, 2.24) is 5.32 Å². The first-order valence-electron chi connectivity index (χ1n) is 4.14. The third-order valence-corrected chi connectivity index (χ3v) is 1.61. The summed E-state index contributed by atoms with van der Waals surface area (Å²) in [6.45, 7) is 1.53. The molecule has 1 aromatic heterocycles. The summed E-state index contributed by atoms with van der Waals surface area (Å²) >= 11 is 0. The third kappa shape index (κ3) is 2.70. The van der Waals surface area contributed by atoms with Crippen LogP contribution in [0.2, 0.25) is 0 Å². The minimum atomic E-state index is -0.503. The second-order valence-electron chi connectivity index (χ2n) is 2.90. The van der Waals surface area contributed by atoms with Crippen LogP contribution in [-0.4, -0.2) is 23.7 Å². The van der Waals surface area contributed by atoms with Crippen LogP contribution in [0.1, 0.15) is 17.3 Å². The lowest BCUT2D eigenvalue weighted by Crippen LogP contribution is -2.35. The quantitative estimate of drug-likeness (QED) is 0.700. The van der Waals surface area contributed by atoms with Crippen molar-refractivity contribution in [1.29, 1.82) is 0 Å². The van der Waals surface area contributed by atoms with Gasteiger partial charge < -0.3 is 14.8 Å². The summed E-state index contributed by atoms with van der Waals surface area (Å²) in [7, 11) is 0. The monoisotopic (exact) mass is 197 g/mol. The second kappa shape index (κ2) is 4.57. The van der Waals surface area contributed by atoms with E-state index in [1.54, 1.807) is 6.92 Å². The molecular formula is C9H11NO4. The van der Waals surface area contributed by atoms with Crippen molar-refractivity contribution < 1.29 is 14.3 Å². The predicted octanol–water partition coefficient (Wildman–Crippen LogP) is -0.250. The summed E-state index contributed by atoms with van der Waals surface area (Å²) in [5, 5.41) is 11.2. The molecular weight excluding hydrogens is 186 g/mol. The molecule has 76 valence electrons. The Bertz CT molecular complexity index is 351. The zero-order chi connectivity index (χ0) is 10.6. The van der Waals surface area contributed by atoms with Crippen molar-refractivity contribution in [2.75, 3.05) is 6.61 Å². The Kier molecular flexibility index (Phi) is 3.41. The molecule has 0 unspecified atom stereocenters. The molecule has 0 saturated heterocycles. The van der Waals surface area contributed by atoms with E-state index in [4.69, 9.17) is 5.11 Å². The summed E-state index contributed by atoms with van der Waals surface area (Å²) in [6, 6.07) is 2.21. The summed E-state index contributed by atoms with van der Waals surface area (Å²) in [5.41, 5.74) is -0.248. The molecule has 1 heterocycles. The molecule has 2 N–H and O–H groups in total. The molecule has 0 aliphatic heterocycles. The third-order valence-electron chi connectivity index (χ3n) is 1.61. The number of aliphatic hydroxyl groups is 1. The van der Waals surface area contributed by atoms with Crippen LogP contribution in [-0.2, 0) is 0 Å². The van der Waals surface area contributed by atoms with E-state index in [0.717, 1.165) is 6.26 Å². The first-order chi connectivity index (χ1) is 6.63. The van der Waals surface area contributed by atoms with Crippen LogP contribution >= 0.6 is 0 Å². The highest BCUT2D eigenvalue weighted by Gasteiger charge is 2.08. The van der Waals surface area contributed by atoms with Crippen LogP contribution < -0.4 is 10.9 Å². The molecule has 0 aliphatic carbocycles. The summed E-state index contributed by atoms with van der Waals surface area (Å²) < 4.78 is 4.52. The van der Waals surface area contributed by atoms with E-state index in [9.17, 15) is 9.59 Å². The minimum absolute atomic E-state index is 0.136. The maximum Gasteiger partial charge on any atom is 0.335 e. The number of carbonyl (C=O) groups excluding carboxylic acids is 1. The normalized spacial score (nSPS) is 12.1. The summed E-state index contributed by atoms with van der Waals surface area (Å²) in [4.78, 5) is 21.9. The Labute approximate surface area is 80.4 Å². The van der Waals surface area contributed by atoms with Crippen molar-refractivity contribution in [3.63, 3.8) is 0 Å². The van der Waals surface area contributed by atoms with Crippen LogP contribution in [0.15, 0.2) is 27.6 Å². The van der Waals surface area contributed by atoms with Crippen molar-refractivity contribution in [2.24, 2.45) is 0 Å². The first-order valence-corrected chi connectivity index (χ1v) is 4.14. The van der Waals surface area contributed by atoms with E-state index in [2.05, 4.69) is 9.73 Å². The number of aliphatic hydroxyl groups excluding tert-OH is 1. The van der Waals surface area contributed by atoms with E-state index in [1.807, 2.05) is 0 Å². The molecule has 0 spiro atoms. The number of rotatable bonds is 3. The smallest absolute Gasteiger partial charge is 0.335 e. The molecule has 0 radical (unpaired) electrons. The van der Waals surface area contributed by atoms with Gasteiger partial charge in [0, 0.05) is 12.1 Å². The van der Waals surface area contributed by atoms with E-state index >= 15 is 0 Å². The number of nitrogens with one attached hydrogen (secondary N) is 1. The lowest BCUT2D eigenvalue weighted by atomic mass is 10.2. The van der Waals surface area contributed by atoms with Gasteiger partial charge >= 0.3 is 5.63 Å². The summed E-state index contributed by atoms with van der Waals surface area (Å²) in [5.74, 6) is -0.379. The maximum absolute atomic E-state index is 11.3. The predicted molar refractivity (Wildman–Crippen MR) is 49.0 cm³/mol. The van der Waals surface area contributed by atoms with E-state index < -0.39 is 5.63 Å². The van der Waals surface area contributed by atoms with Crippen molar-refractivity contribution >= 4 is 5.91 Å². The van der Waals surface area contributed by atoms with Crippen molar-refractivity contribution in [3.8, 4) is 0 Å². The average molecular weight is 197 g/mol. The second-order valence-corrected chi connectivity index (χ2v) is 2.90. The molecule has 1 rings (SSSR count). The highest BCUT2D eigenvalue weighted by molar-refractivity contribution is 5.93. The largest absolute Gasteiger partial charge is 0.430 e. The molecule has 1 aromatic rings. The van der Waals surface area contributed by atoms with Crippen LogP contribution in [0.3, 0.4) is 0 Å². The van der Waals surface area contributed by atoms with Crippen LogP contribution in [0.4, 0.5) is 0 Å². The Morgan fingerprint density at radius 1 is 1.64 bits per heavy atom. The summed E-state index contributed by atoms with van der Waals surface area (Å²) in [6.07, 6.45) is 1.09. The zero-order valence-corrected chi connectivity index (χ0v) is 7.69. The highest BCUT2D eigenvalue weighted by Crippen LogP contribution is 1.95. The number of hydrogen-bond donors (Lipinski definition) is 2. The van der Waals surface area contributed by atoms with Gasteiger partial charge in [-0.3, -0.25) is 4.79 Å². The highest BCUT2D eigenvalue weighted by atomic mass is 16.4. The maximum atomic E-state index is 11.3. The van der Waals surface area contributed by atoms with Gasteiger partial charge in [-0.25, -0.2) is 4.79 Å². The van der Waals surface area contributed by atoms with Crippen LogP contribution in [0, 0.1) is 0 Å². The molecule has 1 atom stereocenters.